The molecule has 2 aliphatic heterocycles. The van der Waals surface area contributed by atoms with Crippen molar-refractivity contribution in [1.29, 1.82) is 0 Å². The number of carbonyl (C=O) groups is 1. The second kappa shape index (κ2) is 6.49. The molecule has 0 saturated carbocycles. The van der Waals surface area contributed by atoms with Crippen molar-refractivity contribution in [3.05, 3.63) is 11.6 Å². The van der Waals surface area contributed by atoms with Gasteiger partial charge < -0.3 is 5.32 Å². The summed E-state index contributed by atoms with van der Waals surface area (Å²) >= 11 is 0. The first-order chi connectivity index (χ1) is 11.1. The van der Waals surface area contributed by atoms with Gasteiger partial charge in [-0.2, -0.15) is 15.3 Å². The highest BCUT2D eigenvalue weighted by Gasteiger charge is 2.39. The number of fused-ring (bicyclic) bond motifs is 1. The van der Waals surface area contributed by atoms with Gasteiger partial charge in [-0.1, -0.05) is 6.92 Å². The van der Waals surface area contributed by atoms with Crippen molar-refractivity contribution in [2.75, 3.05) is 0 Å². The Hall–Kier alpha value is -2.23. The van der Waals surface area contributed by atoms with Crippen LogP contribution in [-0.2, 0) is 24.2 Å². The van der Waals surface area contributed by atoms with E-state index >= 15 is 0 Å². The van der Waals surface area contributed by atoms with Gasteiger partial charge in [0.15, 0.2) is 11.5 Å². The van der Waals surface area contributed by atoms with Gasteiger partial charge in [-0.05, 0) is 6.42 Å². The summed E-state index contributed by atoms with van der Waals surface area (Å²) in [6.45, 7) is 2.75. The molecule has 7 nitrogen and oxygen atoms in total. The number of aromatic nitrogens is 3. The highest BCUT2D eigenvalue weighted by molar-refractivity contribution is 5.76. The summed E-state index contributed by atoms with van der Waals surface area (Å²) < 4.78 is 1.92. The number of terminal acetylenes is 1. The minimum Gasteiger partial charge on any atom is -0.351 e. The largest absolute Gasteiger partial charge is 0.351 e. The molecule has 0 radical (unpaired) electrons. The lowest BCUT2D eigenvalue weighted by molar-refractivity contribution is -0.122. The Labute approximate surface area is 136 Å². The van der Waals surface area contributed by atoms with Crippen LogP contribution in [0.4, 0.5) is 0 Å². The molecule has 0 saturated heterocycles. The van der Waals surface area contributed by atoms with Gasteiger partial charge in [-0.25, -0.2) is 9.67 Å². The molecule has 2 aliphatic rings. The molecular weight excluding hydrogens is 292 g/mol. The fourth-order valence-corrected chi connectivity index (χ4v) is 2.91. The maximum Gasteiger partial charge on any atom is 0.220 e. The van der Waals surface area contributed by atoms with Gasteiger partial charge in [-0.15, -0.1) is 12.3 Å². The van der Waals surface area contributed by atoms with Gasteiger partial charge in [0, 0.05) is 44.6 Å². The third-order valence-corrected chi connectivity index (χ3v) is 4.39. The number of hydrogen-bond donors (Lipinski definition) is 1. The van der Waals surface area contributed by atoms with Crippen LogP contribution in [-0.4, -0.2) is 32.4 Å². The Morgan fingerprint density at radius 1 is 1.48 bits per heavy atom. The molecule has 1 aromatic heterocycles. The first kappa shape index (κ1) is 15.7. The van der Waals surface area contributed by atoms with Crippen LogP contribution in [0, 0.1) is 12.3 Å². The van der Waals surface area contributed by atoms with Gasteiger partial charge in [0.25, 0.3) is 0 Å². The number of nitrogens with zero attached hydrogens (tertiary/aromatic N) is 5. The van der Waals surface area contributed by atoms with Crippen LogP contribution >= 0.6 is 0 Å². The molecule has 3 rings (SSSR count). The maximum atomic E-state index is 12.2. The highest BCUT2D eigenvalue weighted by atomic mass is 16.1. The SMILES string of the molecule is C#CCCC1(CCC(=O)NC2CCc3nc(CC)nn3C2)N=N1. The number of nitrogens with one attached hydrogen (secondary N) is 1. The summed E-state index contributed by atoms with van der Waals surface area (Å²) in [5.41, 5.74) is -0.384. The zero-order valence-corrected chi connectivity index (χ0v) is 13.5. The Morgan fingerprint density at radius 3 is 3.00 bits per heavy atom. The number of aryl methyl sites for hydroxylation is 2. The molecule has 0 spiro atoms. The van der Waals surface area contributed by atoms with E-state index in [1.54, 1.807) is 0 Å². The van der Waals surface area contributed by atoms with E-state index in [4.69, 9.17) is 6.42 Å². The summed E-state index contributed by atoms with van der Waals surface area (Å²) in [5, 5.41) is 15.7. The molecule has 0 bridgehead atoms. The normalized spacial score (nSPS) is 20.6. The summed E-state index contributed by atoms with van der Waals surface area (Å²) in [7, 11) is 0. The molecule has 1 unspecified atom stereocenters. The van der Waals surface area contributed by atoms with Crippen LogP contribution in [0.15, 0.2) is 10.2 Å². The van der Waals surface area contributed by atoms with Gasteiger partial charge >= 0.3 is 0 Å². The molecule has 0 aliphatic carbocycles. The standard InChI is InChI=1S/C16H22N6O/c1-3-5-9-16(20-21-16)10-8-15(23)17-12-6-7-14-18-13(4-2)19-22(14)11-12/h1,12H,4-11H2,2H3,(H,17,23). The molecule has 23 heavy (non-hydrogen) atoms. The molecule has 122 valence electrons. The molecule has 3 heterocycles. The molecule has 1 aromatic rings. The summed E-state index contributed by atoms with van der Waals surface area (Å²) in [6, 6.07) is 0.121. The lowest BCUT2D eigenvalue weighted by Crippen LogP contribution is -2.41. The van der Waals surface area contributed by atoms with Crippen LogP contribution in [0.3, 0.4) is 0 Å². The number of hydrogen-bond acceptors (Lipinski definition) is 5. The Bertz CT molecular complexity index is 650. The second-order valence-electron chi connectivity index (χ2n) is 6.17. The van der Waals surface area contributed by atoms with Crippen molar-refractivity contribution in [1.82, 2.24) is 20.1 Å². The zero-order chi connectivity index (χ0) is 16.3. The van der Waals surface area contributed by atoms with E-state index in [1.165, 1.54) is 0 Å². The van der Waals surface area contributed by atoms with Gasteiger partial charge in [0.1, 0.15) is 5.82 Å². The summed E-state index contributed by atoms with van der Waals surface area (Å²) in [5.74, 6) is 4.54. The molecule has 1 N–H and O–H groups in total. The van der Waals surface area contributed by atoms with Crippen LogP contribution < -0.4 is 5.32 Å². The summed E-state index contributed by atoms with van der Waals surface area (Å²) in [4.78, 5) is 16.6. The lowest BCUT2D eigenvalue weighted by atomic mass is 10.0. The molecule has 0 fully saturated rings. The van der Waals surface area contributed by atoms with Crippen molar-refractivity contribution in [3.8, 4) is 12.3 Å². The minimum absolute atomic E-state index is 0.0478. The lowest BCUT2D eigenvalue weighted by Gasteiger charge is -2.23. The van der Waals surface area contributed by atoms with Crippen LogP contribution in [0.2, 0.25) is 0 Å². The van der Waals surface area contributed by atoms with E-state index in [0.717, 1.165) is 37.3 Å². The average Bonchev–Trinajstić information content (AvgIpc) is 3.21. The predicted octanol–water partition coefficient (Wildman–Crippen LogP) is 1.63. The van der Waals surface area contributed by atoms with Crippen molar-refractivity contribution in [2.45, 2.75) is 70.1 Å². The molecular formula is C16H22N6O. The van der Waals surface area contributed by atoms with E-state index in [-0.39, 0.29) is 17.6 Å². The van der Waals surface area contributed by atoms with Gasteiger partial charge in [-0.3, -0.25) is 4.79 Å². The summed E-state index contributed by atoms with van der Waals surface area (Å²) in [6.07, 6.45) is 10.3. The third kappa shape index (κ3) is 3.76. The second-order valence-corrected chi connectivity index (χ2v) is 6.17. The Morgan fingerprint density at radius 2 is 2.30 bits per heavy atom. The quantitative estimate of drug-likeness (QED) is 0.776. The average molecular weight is 314 g/mol. The first-order valence-electron chi connectivity index (χ1n) is 8.23. The molecule has 1 amide bonds. The zero-order valence-electron chi connectivity index (χ0n) is 13.5. The van der Waals surface area contributed by atoms with Crippen molar-refractivity contribution < 1.29 is 4.79 Å². The number of carbonyl (C=O) groups excluding carboxylic acids is 1. The Balaban J connectivity index is 1.45. The topological polar surface area (TPSA) is 84.5 Å². The fraction of sp³-hybridized carbons (Fsp3) is 0.688. The minimum atomic E-state index is -0.384. The maximum absolute atomic E-state index is 12.2. The number of rotatable bonds is 7. The van der Waals surface area contributed by atoms with Crippen molar-refractivity contribution in [3.63, 3.8) is 0 Å². The van der Waals surface area contributed by atoms with Crippen molar-refractivity contribution >= 4 is 5.91 Å². The molecule has 1 atom stereocenters. The van der Waals surface area contributed by atoms with E-state index in [0.29, 0.717) is 25.8 Å². The van der Waals surface area contributed by atoms with Crippen molar-refractivity contribution in [2.24, 2.45) is 10.2 Å². The van der Waals surface area contributed by atoms with Gasteiger partial charge in [0.05, 0.1) is 6.54 Å². The number of amides is 1. The van der Waals surface area contributed by atoms with Gasteiger partial charge in [0.2, 0.25) is 5.91 Å². The van der Waals surface area contributed by atoms with E-state index in [1.807, 2.05) is 11.6 Å². The monoisotopic (exact) mass is 314 g/mol. The fourth-order valence-electron chi connectivity index (χ4n) is 2.91. The first-order valence-corrected chi connectivity index (χ1v) is 8.23. The van der Waals surface area contributed by atoms with Crippen LogP contribution in [0.5, 0.6) is 0 Å². The van der Waals surface area contributed by atoms with E-state index < -0.39 is 0 Å². The van der Waals surface area contributed by atoms with Crippen LogP contribution in [0.1, 0.15) is 50.7 Å². The van der Waals surface area contributed by atoms with Crippen LogP contribution in [0.25, 0.3) is 0 Å². The highest BCUT2D eigenvalue weighted by Crippen LogP contribution is 2.37. The molecule has 0 aromatic carbocycles. The smallest absolute Gasteiger partial charge is 0.220 e. The third-order valence-electron chi connectivity index (χ3n) is 4.39. The predicted molar refractivity (Wildman–Crippen MR) is 84.5 cm³/mol. The van der Waals surface area contributed by atoms with E-state index in [2.05, 4.69) is 31.5 Å². The molecule has 7 heteroatoms. The van der Waals surface area contributed by atoms with E-state index in [9.17, 15) is 4.79 Å². The Kier molecular flexibility index (Phi) is 4.42.